The normalized spacial score (nSPS) is 11.7. The van der Waals surface area contributed by atoms with Crippen LogP contribution in [0.4, 0.5) is 23.2 Å². The maximum absolute atomic E-state index is 13.0. The average molecular weight is 313 g/mol. The Balaban J connectivity index is 2.09. The molecule has 6 heteroatoms. The molecule has 118 valence electrons. The number of aryl methyl sites for hydroxylation is 1. The first kappa shape index (κ1) is 16.3. The van der Waals surface area contributed by atoms with Crippen LogP contribution in [0.1, 0.15) is 22.3 Å². The zero-order valence-corrected chi connectivity index (χ0v) is 11.9. The number of benzene rings is 2. The molecule has 2 nitrogen and oxygen atoms in total. The Morgan fingerprint density at radius 3 is 2.27 bits per heavy atom. The Morgan fingerprint density at radius 2 is 1.64 bits per heavy atom. The van der Waals surface area contributed by atoms with Gasteiger partial charge < -0.3 is 10.5 Å². The highest BCUT2D eigenvalue weighted by Gasteiger charge is 2.33. The zero-order valence-electron chi connectivity index (χ0n) is 11.9. The van der Waals surface area contributed by atoms with Crippen LogP contribution < -0.4 is 5.73 Å². The van der Waals surface area contributed by atoms with E-state index < -0.39 is 17.6 Å². The molecule has 0 saturated heterocycles. The Hall–Kier alpha value is -2.08. The quantitative estimate of drug-likeness (QED) is 0.668. The summed E-state index contributed by atoms with van der Waals surface area (Å²) >= 11 is 0. The van der Waals surface area contributed by atoms with Crippen molar-refractivity contribution >= 4 is 5.69 Å². The van der Waals surface area contributed by atoms with Gasteiger partial charge in [-0.25, -0.2) is 4.39 Å². The van der Waals surface area contributed by atoms with Gasteiger partial charge in [-0.2, -0.15) is 13.2 Å². The summed E-state index contributed by atoms with van der Waals surface area (Å²) in [6.07, 6.45) is -4.62. The lowest BCUT2D eigenvalue weighted by Gasteiger charge is -2.14. The third kappa shape index (κ3) is 3.98. The van der Waals surface area contributed by atoms with Crippen LogP contribution in [0, 0.1) is 12.7 Å². The lowest BCUT2D eigenvalue weighted by molar-refractivity contribution is -0.139. The fraction of sp³-hybridized carbons (Fsp3) is 0.250. The van der Waals surface area contributed by atoms with Gasteiger partial charge in [-0.1, -0.05) is 18.2 Å². The van der Waals surface area contributed by atoms with Crippen molar-refractivity contribution in [3.05, 3.63) is 64.5 Å². The van der Waals surface area contributed by atoms with Crippen molar-refractivity contribution in [3.8, 4) is 0 Å². The molecule has 0 aliphatic carbocycles. The van der Waals surface area contributed by atoms with Crippen LogP contribution in [0.15, 0.2) is 36.4 Å². The van der Waals surface area contributed by atoms with Crippen LogP contribution in [-0.4, -0.2) is 0 Å². The van der Waals surface area contributed by atoms with Crippen molar-refractivity contribution in [1.29, 1.82) is 0 Å². The van der Waals surface area contributed by atoms with Crippen molar-refractivity contribution in [3.63, 3.8) is 0 Å². The van der Waals surface area contributed by atoms with Gasteiger partial charge in [0.25, 0.3) is 0 Å². The van der Waals surface area contributed by atoms with E-state index in [4.69, 9.17) is 10.5 Å². The van der Waals surface area contributed by atoms with Gasteiger partial charge in [0.15, 0.2) is 0 Å². The minimum atomic E-state index is -4.62. The molecule has 0 amide bonds. The topological polar surface area (TPSA) is 35.2 Å². The lowest BCUT2D eigenvalue weighted by atomic mass is 10.1. The van der Waals surface area contributed by atoms with Gasteiger partial charge in [-0.15, -0.1) is 0 Å². The first-order valence-corrected chi connectivity index (χ1v) is 6.56. The smallest absolute Gasteiger partial charge is 0.398 e. The molecule has 0 unspecified atom stereocenters. The Bertz CT molecular complexity index is 668. The van der Waals surface area contributed by atoms with E-state index in [1.54, 1.807) is 12.1 Å². The molecule has 0 aliphatic rings. The van der Waals surface area contributed by atoms with E-state index in [2.05, 4.69) is 0 Å². The summed E-state index contributed by atoms with van der Waals surface area (Å²) in [5.74, 6) is -0.932. The highest BCUT2D eigenvalue weighted by atomic mass is 19.4. The first-order chi connectivity index (χ1) is 10.3. The van der Waals surface area contributed by atoms with E-state index >= 15 is 0 Å². The number of ether oxygens (including phenoxy) is 1. The lowest BCUT2D eigenvalue weighted by Crippen LogP contribution is -2.11. The largest absolute Gasteiger partial charge is 0.416 e. The molecule has 0 saturated carbocycles. The monoisotopic (exact) mass is 313 g/mol. The number of rotatable bonds is 4. The second-order valence-corrected chi connectivity index (χ2v) is 4.99. The predicted molar refractivity (Wildman–Crippen MR) is 75.5 cm³/mol. The number of alkyl halides is 3. The van der Waals surface area contributed by atoms with E-state index in [1.807, 2.05) is 13.0 Å². The summed E-state index contributed by atoms with van der Waals surface area (Å²) in [5.41, 5.74) is 6.88. The third-order valence-corrected chi connectivity index (χ3v) is 3.19. The second-order valence-electron chi connectivity index (χ2n) is 4.99. The summed E-state index contributed by atoms with van der Waals surface area (Å²) < 4.78 is 56.8. The molecule has 2 N–H and O–H groups in total. The van der Waals surface area contributed by atoms with Crippen molar-refractivity contribution in [2.45, 2.75) is 26.3 Å². The SMILES string of the molecule is Cc1ccc(COCc2ccc(F)cc2C(F)(F)F)c(N)c1. The van der Waals surface area contributed by atoms with E-state index in [0.29, 0.717) is 17.3 Å². The summed E-state index contributed by atoms with van der Waals surface area (Å²) in [4.78, 5) is 0. The van der Waals surface area contributed by atoms with Crippen LogP contribution in [-0.2, 0) is 24.1 Å². The average Bonchev–Trinajstić information content (AvgIpc) is 2.41. The summed E-state index contributed by atoms with van der Waals surface area (Å²) in [6, 6.07) is 7.90. The molecular weight excluding hydrogens is 298 g/mol. The number of anilines is 1. The van der Waals surface area contributed by atoms with Gasteiger partial charge in [-0.05, 0) is 36.2 Å². The maximum atomic E-state index is 13.0. The minimum absolute atomic E-state index is 0.0841. The van der Waals surface area contributed by atoms with Crippen molar-refractivity contribution in [1.82, 2.24) is 0 Å². The van der Waals surface area contributed by atoms with Gasteiger partial charge in [0.2, 0.25) is 0 Å². The van der Waals surface area contributed by atoms with Crippen LogP contribution in [0.25, 0.3) is 0 Å². The molecule has 0 radical (unpaired) electrons. The summed E-state index contributed by atoms with van der Waals surface area (Å²) in [5, 5.41) is 0. The van der Waals surface area contributed by atoms with Gasteiger partial charge in [0.1, 0.15) is 5.82 Å². The molecule has 0 aliphatic heterocycles. The number of halogens is 4. The maximum Gasteiger partial charge on any atom is 0.416 e. The molecule has 0 atom stereocenters. The fourth-order valence-electron chi connectivity index (χ4n) is 2.06. The predicted octanol–water partition coefficient (Wildman–Crippen LogP) is 4.45. The molecule has 0 spiro atoms. The van der Waals surface area contributed by atoms with Crippen molar-refractivity contribution in [2.75, 3.05) is 5.73 Å². The molecule has 0 heterocycles. The molecular formula is C16H15F4NO. The Labute approximate surface area is 125 Å². The number of hydrogen-bond donors (Lipinski definition) is 1. The summed E-state index contributed by atoms with van der Waals surface area (Å²) in [7, 11) is 0. The molecule has 0 aromatic heterocycles. The highest BCUT2D eigenvalue weighted by molar-refractivity contribution is 5.48. The molecule has 2 aromatic carbocycles. The number of nitrogens with two attached hydrogens (primary N) is 1. The minimum Gasteiger partial charge on any atom is -0.398 e. The summed E-state index contributed by atoms with van der Waals surface area (Å²) in [6.45, 7) is 1.69. The molecule has 2 aromatic rings. The van der Waals surface area contributed by atoms with Crippen molar-refractivity contribution in [2.24, 2.45) is 0 Å². The van der Waals surface area contributed by atoms with Crippen molar-refractivity contribution < 1.29 is 22.3 Å². The van der Waals surface area contributed by atoms with Gasteiger partial charge in [0.05, 0.1) is 18.8 Å². The zero-order chi connectivity index (χ0) is 16.3. The Morgan fingerprint density at radius 1 is 1.00 bits per heavy atom. The molecule has 0 bridgehead atoms. The molecule has 2 rings (SSSR count). The molecule has 0 fully saturated rings. The van der Waals surface area contributed by atoms with Gasteiger partial charge >= 0.3 is 6.18 Å². The first-order valence-electron chi connectivity index (χ1n) is 6.56. The van der Waals surface area contributed by atoms with E-state index in [0.717, 1.165) is 17.7 Å². The third-order valence-electron chi connectivity index (χ3n) is 3.19. The van der Waals surface area contributed by atoms with E-state index in [9.17, 15) is 17.6 Å². The fourth-order valence-corrected chi connectivity index (χ4v) is 2.06. The standard InChI is InChI=1S/C16H15F4NO/c1-10-2-3-12(15(21)6-10)9-22-8-11-4-5-13(17)7-14(11)16(18,19)20/h2-7H,8-9,21H2,1H3. The van der Waals surface area contributed by atoms with Gasteiger partial charge in [-0.3, -0.25) is 0 Å². The molecule has 22 heavy (non-hydrogen) atoms. The number of nitrogen functional groups attached to an aromatic ring is 1. The number of hydrogen-bond acceptors (Lipinski definition) is 2. The van der Waals surface area contributed by atoms with Crippen LogP contribution in [0.5, 0.6) is 0 Å². The van der Waals surface area contributed by atoms with Crippen LogP contribution in [0.2, 0.25) is 0 Å². The van der Waals surface area contributed by atoms with Crippen LogP contribution >= 0.6 is 0 Å². The highest BCUT2D eigenvalue weighted by Crippen LogP contribution is 2.33. The second kappa shape index (κ2) is 6.36. The Kier molecular flexibility index (Phi) is 4.71. The van der Waals surface area contributed by atoms with E-state index in [1.165, 1.54) is 0 Å². The van der Waals surface area contributed by atoms with Gasteiger partial charge in [0, 0.05) is 11.3 Å². The van der Waals surface area contributed by atoms with E-state index in [-0.39, 0.29) is 18.8 Å². The van der Waals surface area contributed by atoms with Crippen LogP contribution in [0.3, 0.4) is 0 Å².